The Bertz CT molecular complexity index is 799. The Morgan fingerprint density at radius 2 is 2.12 bits per heavy atom. The van der Waals surface area contributed by atoms with E-state index in [0.29, 0.717) is 5.75 Å². The molecule has 2 heterocycles. The van der Waals surface area contributed by atoms with Gasteiger partial charge in [0.05, 0.1) is 16.8 Å². The van der Waals surface area contributed by atoms with E-state index in [1.165, 1.54) is 5.56 Å². The smallest absolute Gasteiger partial charge is 0.206 e. The van der Waals surface area contributed by atoms with Crippen LogP contribution in [0.1, 0.15) is 23.2 Å². The Balaban J connectivity index is 1.75. The number of H-pyrrole nitrogens is 1. The van der Waals surface area contributed by atoms with Gasteiger partial charge in [0.1, 0.15) is 0 Å². The van der Waals surface area contributed by atoms with E-state index in [0.717, 1.165) is 51.6 Å². The Kier molecular flexibility index (Phi) is 5.37. The van der Waals surface area contributed by atoms with Gasteiger partial charge < -0.3 is 14.9 Å². The number of aromatic amines is 1. The van der Waals surface area contributed by atoms with E-state index < -0.39 is 0 Å². The summed E-state index contributed by atoms with van der Waals surface area (Å²) in [5, 5.41) is 13.0. The molecule has 0 aliphatic heterocycles. The van der Waals surface area contributed by atoms with E-state index in [-0.39, 0.29) is 0 Å². The van der Waals surface area contributed by atoms with Crippen LogP contribution in [-0.2, 0) is 16.9 Å². The highest BCUT2D eigenvalue weighted by Crippen LogP contribution is 2.24. The second kappa shape index (κ2) is 7.68. The zero-order valence-corrected chi connectivity index (χ0v) is 14.7. The SMILES string of the molecule is COCCCc1cc[n+]([O-])c(CSc2nc3ccccc3[nH]2)c1C. The number of thioether (sulfide) groups is 1. The van der Waals surface area contributed by atoms with Gasteiger partial charge in [0.25, 0.3) is 0 Å². The van der Waals surface area contributed by atoms with Crippen molar-refractivity contribution < 1.29 is 9.47 Å². The second-order valence-corrected chi connectivity index (χ2v) is 6.65. The predicted molar refractivity (Wildman–Crippen MR) is 96.0 cm³/mol. The van der Waals surface area contributed by atoms with Crippen molar-refractivity contribution >= 4 is 22.8 Å². The number of methoxy groups -OCH3 is 1. The third-order valence-electron chi connectivity index (χ3n) is 4.10. The van der Waals surface area contributed by atoms with E-state index in [1.54, 1.807) is 25.1 Å². The number of nitrogens with zero attached hydrogens (tertiary/aromatic N) is 2. The summed E-state index contributed by atoms with van der Waals surface area (Å²) in [5.74, 6) is 0.591. The molecule has 0 saturated heterocycles. The molecule has 0 spiro atoms. The van der Waals surface area contributed by atoms with Gasteiger partial charge >= 0.3 is 0 Å². The fourth-order valence-corrected chi connectivity index (χ4v) is 3.67. The zero-order valence-electron chi connectivity index (χ0n) is 13.9. The molecule has 2 aromatic heterocycles. The molecule has 0 saturated carbocycles. The number of aryl methyl sites for hydroxylation is 1. The molecule has 1 aromatic carbocycles. The van der Waals surface area contributed by atoms with Crippen molar-refractivity contribution in [3.63, 3.8) is 0 Å². The maximum atomic E-state index is 12.2. The number of hydrogen-bond acceptors (Lipinski definition) is 4. The number of nitrogens with one attached hydrogen (secondary N) is 1. The van der Waals surface area contributed by atoms with Crippen molar-refractivity contribution in [3.8, 4) is 0 Å². The predicted octanol–water partition coefficient (Wildman–Crippen LogP) is 3.38. The number of fused-ring (bicyclic) bond motifs is 1. The maximum Gasteiger partial charge on any atom is 0.206 e. The summed E-state index contributed by atoms with van der Waals surface area (Å²) >= 11 is 1.55. The van der Waals surface area contributed by atoms with Gasteiger partial charge in [0, 0.05) is 25.3 Å². The quantitative estimate of drug-likeness (QED) is 0.309. The van der Waals surface area contributed by atoms with Gasteiger partial charge in [0.2, 0.25) is 5.69 Å². The lowest BCUT2D eigenvalue weighted by molar-refractivity contribution is -0.613. The highest BCUT2D eigenvalue weighted by molar-refractivity contribution is 7.98. The van der Waals surface area contributed by atoms with Gasteiger partial charge in [-0.15, -0.1) is 0 Å². The summed E-state index contributed by atoms with van der Waals surface area (Å²) < 4.78 is 6.07. The van der Waals surface area contributed by atoms with Crippen LogP contribution in [0.25, 0.3) is 11.0 Å². The van der Waals surface area contributed by atoms with Gasteiger partial charge in [-0.3, -0.25) is 0 Å². The summed E-state index contributed by atoms with van der Waals surface area (Å²) in [6.07, 6.45) is 3.48. The fourth-order valence-electron chi connectivity index (χ4n) is 2.71. The number of hydrogen-bond donors (Lipinski definition) is 1. The zero-order chi connectivity index (χ0) is 16.9. The summed E-state index contributed by atoms with van der Waals surface area (Å²) in [6, 6.07) is 9.84. The highest BCUT2D eigenvalue weighted by atomic mass is 32.2. The maximum absolute atomic E-state index is 12.2. The van der Waals surface area contributed by atoms with Gasteiger partial charge in [-0.25, -0.2) is 4.98 Å². The highest BCUT2D eigenvalue weighted by Gasteiger charge is 2.15. The molecule has 3 rings (SSSR count). The molecule has 0 unspecified atom stereocenters. The molecule has 0 aliphatic rings. The molecule has 0 aliphatic carbocycles. The molecule has 3 aromatic rings. The fraction of sp³-hybridized carbons (Fsp3) is 0.333. The van der Waals surface area contributed by atoms with Crippen LogP contribution in [0.4, 0.5) is 0 Å². The third kappa shape index (κ3) is 3.71. The molecule has 0 fully saturated rings. The lowest BCUT2D eigenvalue weighted by Crippen LogP contribution is -2.32. The van der Waals surface area contributed by atoms with Crippen molar-refractivity contribution in [1.29, 1.82) is 0 Å². The molecular weight excluding hydrogens is 322 g/mol. The molecule has 0 atom stereocenters. The summed E-state index contributed by atoms with van der Waals surface area (Å²) in [5.41, 5.74) is 5.02. The van der Waals surface area contributed by atoms with Gasteiger partial charge in [0.15, 0.2) is 11.4 Å². The van der Waals surface area contributed by atoms with Crippen LogP contribution in [0.2, 0.25) is 0 Å². The van der Waals surface area contributed by atoms with Crippen LogP contribution >= 0.6 is 11.8 Å². The summed E-state index contributed by atoms with van der Waals surface area (Å²) in [6.45, 7) is 2.75. The standard InChI is InChI=1S/C18H21N3O2S/c1-13-14(6-5-11-23-2)9-10-21(22)17(13)12-24-18-19-15-7-3-4-8-16(15)20-18/h3-4,7-10H,5-6,11-12H2,1-2H3,(H,19,20). The first kappa shape index (κ1) is 16.8. The number of imidazole rings is 1. The van der Waals surface area contributed by atoms with Gasteiger partial charge in [-0.1, -0.05) is 23.9 Å². The van der Waals surface area contributed by atoms with Gasteiger partial charge in [-0.2, -0.15) is 4.73 Å². The van der Waals surface area contributed by atoms with Crippen molar-refractivity contribution in [1.82, 2.24) is 9.97 Å². The van der Waals surface area contributed by atoms with Crippen molar-refractivity contribution in [3.05, 3.63) is 58.6 Å². The minimum absolute atomic E-state index is 0.591. The van der Waals surface area contributed by atoms with E-state index in [1.807, 2.05) is 37.3 Å². The molecule has 0 bridgehead atoms. The molecule has 0 radical (unpaired) electrons. The Labute approximate surface area is 145 Å². The topological polar surface area (TPSA) is 64.8 Å². The third-order valence-corrected chi connectivity index (χ3v) is 4.98. The molecule has 6 heteroatoms. The molecule has 126 valence electrons. The van der Waals surface area contributed by atoms with Crippen LogP contribution in [0.3, 0.4) is 0 Å². The van der Waals surface area contributed by atoms with Crippen LogP contribution in [-0.4, -0.2) is 23.7 Å². The molecule has 24 heavy (non-hydrogen) atoms. The Morgan fingerprint density at radius 1 is 1.29 bits per heavy atom. The summed E-state index contributed by atoms with van der Waals surface area (Å²) in [7, 11) is 1.71. The van der Waals surface area contributed by atoms with Crippen LogP contribution in [0.15, 0.2) is 41.7 Å². The van der Waals surface area contributed by atoms with Crippen LogP contribution < -0.4 is 4.73 Å². The van der Waals surface area contributed by atoms with Crippen molar-refractivity contribution in [2.45, 2.75) is 30.7 Å². The van der Waals surface area contributed by atoms with Crippen molar-refractivity contribution in [2.24, 2.45) is 0 Å². The second-order valence-electron chi connectivity index (χ2n) is 5.68. The first-order valence-electron chi connectivity index (χ1n) is 7.96. The first-order valence-corrected chi connectivity index (χ1v) is 8.94. The number of ether oxygens (including phenoxy) is 1. The van der Waals surface area contributed by atoms with Gasteiger partial charge in [-0.05, 0) is 37.5 Å². The average molecular weight is 343 g/mol. The number of aromatic nitrogens is 3. The van der Waals surface area contributed by atoms with E-state index in [9.17, 15) is 5.21 Å². The molecule has 0 amide bonds. The monoisotopic (exact) mass is 343 g/mol. The van der Waals surface area contributed by atoms with Crippen molar-refractivity contribution in [2.75, 3.05) is 13.7 Å². The van der Waals surface area contributed by atoms with E-state index in [4.69, 9.17) is 4.74 Å². The minimum atomic E-state index is 0.591. The number of pyridine rings is 1. The minimum Gasteiger partial charge on any atom is -0.618 e. The lowest BCUT2D eigenvalue weighted by Gasteiger charge is -2.11. The Morgan fingerprint density at radius 3 is 2.92 bits per heavy atom. The summed E-state index contributed by atoms with van der Waals surface area (Å²) in [4.78, 5) is 7.84. The number of benzene rings is 1. The van der Waals surface area contributed by atoms with E-state index in [2.05, 4.69) is 9.97 Å². The lowest BCUT2D eigenvalue weighted by atomic mass is 10.0. The Hall–Kier alpha value is -2.05. The number of rotatable bonds is 7. The van der Waals surface area contributed by atoms with Crippen LogP contribution in [0, 0.1) is 12.1 Å². The number of para-hydroxylation sites is 2. The first-order chi connectivity index (χ1) is 11.7. The normalized spacial score (nSPS) is 11.2. The average Bonchev–Trinajstić information content (AvgIpc) is 3.00. The van der Waals surface area contributed by atoms with Crippen LogP contribution in [0.5, 0.6) is 0 Å². The molecule has 1 N–H and O–H groups in total. The molecular formula is C18H21N3O2S. The van der Waals surface area contributed by atoms with E-state index >= 15 is 0 Å². The molecule has 5 nitrogen and oxygen atoms in total. The largest absolute Gasteiger partial charge is 0.618 e.